The summed E-state index contributed by atoms with van der Waals surface area (Å²) in [5.74, 6) is -3.48. The van der Waals surface area contributed by atoms with Gasteiger partial charge in [-0.1, -0.05) is 12.1 Å². The van der Waals surface area contributed by atoms with Gasteiger partial charge in [-0.05, 0) is 79.4 Å². The van der Waals surface area contributed by atoms with E-state index in [1.165, 1.54) is 20.9 Å². The maximum absolute atomic E-state index is 14.8. The highest BCUT2D eigenvalue weighted by Gasteiger charge is 2.55. The first-order chi connectivity index (χ1) is 18.9. The van der Waals surface area contributed by atoms with Crippen molar-refractivity contribution in [2.24, 2.45) is 0 Å². The molecule has 6 nitrogen and oxygen atoms in total. The number of amides is 4. The van der Waals surface area contributed by atoms with Gasteiger partial charge in [0.25, 0.3) is 23.6 Å². The summed E-state index contributed by atoms with van der Waals surface area (Å²) >= 11 is 0. The lowest BCUT2D eigenvalue weighted by atomic mass is 9.74. The molecular formula is C29H20F6N2O4. The van der Waals surface area contributed by atoms with Crippen LogP contribution in [0.2, 0.25) is 0 Å². The number of aryl methyl sites for hydroxylation is 1. The fourth-order valence-electron chi connectivity index (χ4n) is 5.17. The topological polar surface area (TPSA) is 74.8 Å². The largest absolute Gasteiger partial charge is 0.416 e. The van der Waals surface area contributed by atoms with Gasteiger partial charge in [-0.2, -0.15) is 26.3 Å². The second-order valence-electron chi connectivity index (χ2n) is 10.2. The molecular weight excluding hydrogens is 554 g/mol. The van der Waals surface area contributed by atoms with Crippen molar-refractivity contribution in [2.45, 2.75) is 38.5 Å². The predicted molar refractivity (Wildman–Crippen MR) is 134 cm³/mol. The molecule has 5 rings (SSSR count). The summed E-state index contributed by atoms with van der Waals surface area (Å²) in [4.78, 5) is 52.7. The van der Waals surface area contributed by atoms with E-state index in [1.807, 2.05) is 0 Å². The molecule has 4 amide bonds. The molecule has 0 saturated heterocycles. The Kier molecular flexibility index (Phi) is 5.99. The highest BCUT2D eigenvalue weighted by atomic mass is 19.4. The lowest BCUT2D eigenvalue weighted by Crippen LogP contribution is -2.41. The van der Waals surface area contributed by atoms with Crippen LogP contribution in [0, 0.1) is 13.8 Å². The summed E-state index contributed by atoms with van der Waals surface area (Å²) in [6.45, 7) is 3.64. The molecule has 0 fully saturated rings. The van der Waals surface area contributed by atoms with Crippen LogP contribution in [-0.2, 0) is 11.6 Å². The average Bonchev–Trinajstić information content (AvgIpc) is 3.27. The molecule has 0 radical (unpaired) electrons. The minimum absolute atomic E-state index is 0.0529. The molecule has 41 heavy (non-hydrogen) atoms. The fourth-order valence-corrected chi connectivity index (χ4v) is 5.17. The first-order valence-corrected chi connectivity index (χ1v) is 12.1. The van der Waals surface area contributed by atoms with Crippen LogP contribution in [0.3, 0.4) is 0 Å². The molecule has 12 heteroatoms. The SMILES string of the molecule is Cc1cc(C(F)(F)F)cc(N2C(=O)c3ccc(C(C)(c4ccc5c(c4)C(=O)N(C)C5=O)C(F)(F)F)cc3C2=O)c1C. The minimum atomic E-state index is -4.98. The molecule has 1 unspecified atom stereocenters. The van der Waals surface area contributed by atoms with E-state index in [0.29, 0.717) is 11.0 Å². The monoisotopic (exact) mass is 574 g/mol. The molecule has 3 aromatic rings. The van der Waals surface area contributed by atoms with E-state index in [2.05, 4.69) is 0 Å². The maximum Gasteiger partial charge on any atom is 0.416 e. The summed E-state index contributed by atoms with van der Waals surface area (Å²) in [6, 6.07) is 7.64. The molecule has 0 bridgehead atoms. The first-order valence-electron chi connectivity index (χ1n) is 12.1. The second kappa shape index (κ2) is 8.76. The predicted octanol–water partition coefficient (Wildman–Crippen LogP) is 6.22. The Morgan fingerprint density at radius 1 is 0.610 bits per heavy atom. The van der Waals surface area contributed by atoms with Crippen LogP contribution in [0.15, 0.2) is 48.5 Å². The Balaban J connectivity index is 1.64. The highest BCUT2D eigenvalue weighted by Crippen LogP contribution is 2.48. The maximum atomic E-state index is 14.8. The molecule has 1 atom stereocenters. The van der Waals surface area contributed by atoms with Crippen LogP contribution in [0.25, 0.3) is 0 Å². The highest BCUT2D eigenvalue weighted by molar-refractivity contribution is 6.34. The number of imide groups is 2. The van der Waals surface area contributed by atoms with Crippen molar-refractivity contribution in [1.82, 2.24) is 4.90 Å². The third-order valence-corrected chi connectivity index (χ3v) is 7.91. The second-order valence-corrected chi connectivity index (χ2v) is 10.2. The molecule has 2 aliphatic heterocycles. The number of halogens is 6. The third-order valence-electron chi connectivity index (χ3n) is 7.91. The van der Waals surface area contributed by atoms with Crippen molar-refractivity contribution in [2.75, 3.05) is 11.9 Å². The molecule has 0 saturated carbocycles. The van der Waals surface area contributed by atoms with Crippen LogP contribution in [0.1, 0.15) is 76.2 Å². The summed E-state index contributed by atoms with van der Waals surface area (Å²) in [5.41, 5.74) is -5.63. The van der Waals surface area contributed by atoms with Gasteiger partial charge in [-0.15, -0.1) is 0 Å². The van der Waals surface area contributed by atoms with E-state index in [9.17, 15) is 45.5 Å². The van der Waals surface area contributed by atoms with Crippen LogP contribution >= 0.6 is 0 Å². The van der Waals surface area contributed by atoms with Gasteiger partial charge in [0, 0.05) is 7.05 Å². The van der Waals surface area contributed by atoms with Crippen LogP contribution < -0.4 is 4.90 Å². The van der Waals surface area contributed by atoms with Gasteiger partial charge in [-0.3, -0.25) is 24.1 Å². The van der Waals surface area contributed by atoms with E-state index in [-0.39, 0.29) is 33.5 Å². The van der Waals surface area contributed by atoms with Gasteiger partial charge in [0.05, 0.1) is 33.5 Å². The van der Waals surface area contributed by atoms with Crippen LogP contribution in [-0.4, -0.2) is 41.8 Å². The van der Waals surface area contributed by atoms with E-state index in [1.54, 1.807) is 0 Å². The van der Waals surface area contributed by atoms with Crippen molar-refractivity contribution in [1.29, 1.82) is 0 Å². The number of rotatable bonds is 3. The first kappa shape index (κ1) is 28.1. The van der Waals surface area contributed by atoms with Gasteiger partial charge in [0.1, 0.15) is 5.41 Å². The number of carbonyl (C=O) groups is 4. The number of hydrogen-bond donors (Lipinski definition) is 0. The van der Waals surface area contributed by atoms with Crippen LogP contribution in [0.4, 0.5) is 32.0 Å². The number of alkyl halides is 6. The number of fused-ring (bicyclic) bond motifs is 2. The Hall–Kier alpha value is -4.48. The van der Waals surface area contributed by atoms with E-state index < -0.39 is 63.7 Å². The van der Waals surface area contributed by atoms with E-state index in [4.69, 9.17) is 0 Å². The molecule has 0 N–H and O–H groups in total. The van der Waals surface area contributed by atoms with Gasteiger partial charge in [-0.25, -0.2) is 4.90 Å². The summed E-state index contributed by atoms with van der Waals surface area (Å²) < 4.78 is 84.8. The molecule has 212 valence electrons. The summed E-state index contributed by atoms with van der Waals surface area (Å²) in [7, 11) is 1.20. The lowest BCUT2D eigenvalue weighted by Gasteiger charge is -2.33. The van der Waals surface area contributed by atoms with Crippen molar-refractivity contribution in [3.05, 3.63) is 98.6 Å². The van der Waals surface area contributed by atoms with Crippen LogP contribution in [0.5, 0.6) is 0 Å². The standard InChI is InChI=1S/C29H20F6N2O4/c1-13-9-17(28(30,31)32)12-22(14(13)2)37-25(40)19-8-6-16(11-21(19)26(37)41)27(3,29(33,34)35)15-5-7-18-20(10-15)24(39)36(4)23(18)38/h5-12H,1-4H3. The van der Waals surface area contributed by atoms with Crippen molar-refractivity contribution >= 4 is 29.3 Å². The normalized spacial score (nSPS) is 16.8. The number of benzene rings is 3. The van der Waals surface area contributed by atoms with Crippen molar-refractivity contribution in [3.8, 4) is 0 Å². The molecule has 0 spiro atoms. The number of nitrogens with zero attached hydrogens (tertiary/aromatic N) is 2. The smallest absolute Gasteiger partial charge is 0.277 e. The zero-order valence-corrected chi connectivity index (χ0v) is 21.9. The van der Waals surface area contributed by atoms with Gasteiger partial charge in [0.2, 0.25) is 0 Å². The molecule has 3 aromatic carbocycles. The van der Waals surface area contributed by atoms with Gasteiger partial charge < -0.3 is 0 Å². The Morgan fingerprint density at radius 3 is 1.59 bits per heavy atom. The van der Waals surface area contributed by atoms with Crippen molar-refractivity contribution < 1.29 is 45.5 Å². The van der Waals surface area contributed by atoms with E-state index in [0.717, 1.165) is 54.3 Å². The Bertz CT molecular complexity index is 1710. The Labute approximate surface area is 229 Å². The minimum Gasteiger partial charge on any atom is -0.277 e. The van der Waals surface area contributed by atoms with Crippen molar-refractivity contribution in [3.63, 3.8) is 0 Å². The number of carbonyl (C=O) groups excluding carboxylic acids is 4. The molecule has 2 heterocycles. The molecule has 2 aliphatic rings. The van der Waals surface area contributed by atoms with Gasteiger partial charge in [0.15, 0.2) is 0 Å². The zero-order valence-electron chi connectivity index (χ0n) is 21.9. The third kappa shape index (κ3) is 3.95. The zero-order chi connectivity index (χ0) is 30.4. The summed E-state index contributed by atoms with van der Waals surface area (Å²) in [5, 5.41) is 0. The number of hydrogen-bond acceptors (Lipinski definition) is 4. The quantitative estimate of drug-likeness (QED) is 0.275. The summed E-state index contributed by atoms with van der Waals surface area (Å²) in [6.07, 6.45) is -9.75. The lowest BCUT2D eigenvalue weighted by molar-refractivity contribution is -0.173. The average molecular weight is 574 g/mol. The van der Waals surface area contributed by atoms with E-state index >= 15 is 0 Å². The Morgan fingerprint density at radius 2 is 1.07 bits per heavy atom. The molecule has 0 aromatic heterocycles. The fraction of sp³-hybridized carbons (Fsp3) is 0.241. The van der Waals surface area contributed by atoms with Gasteiger partial charge >= 0.3 is 12.4 Å². The molecule has 0 aliphatic carbocycles. The number of anilines is 1.